The quantitative estimate of drug-likeness (QED) is 0.0489. The van der Waals surface area contributed by atoms with Crippen molar-refractivity contribution in [1.82, 2.24) is 0 Å². The van der Waals surface area contributed by atoms with Crippen LogP contribution in [0.1, 0.15) is 176 Å². The van der Waals surface area contributed by atoms with Gasteiger partial charge in [0.1, 0.15) is 0 Å². The first-order chi connectivity index (χ1) is 17.1. The lowest BCUT2D eigenvalue weighted by Gasteiger charge is -2.41. The Morgan fingerprint density at radius 3 is 1.26 bits per heavy atom. The number of quaternary nitrogens is 1. The summed E-state index contributed by atoms with van der Waals surface area (Å²) >= 11 is 0. The molecule has 0 aliphatic heterocycles. The summed E-state index contributed by atoms with van der Waals surface area (Å²) in [7, 11) is 0. The Kier molecular flexibility index (Phi) is 24.7. The molecule has 0 aliphatic carbocycles. The molecule has 0 spiro atoms. The molecule has 210 valence electrons. The lowest BCUT2D eigenvalue weighted by molar-refractivity contribution is -0.964. The maximum atomic E-state index is 12.5. The molecule has 0 rings (SSSR count). The summed E-state index contributed by atoms with van der Waals surface area (Å²) < 4.78 is 6.88. The molecule has 35 heavy (non-hydrogen) atoms. The van der Waals surface area contributed by atoms with Crippen LogP contribution in [0.5, 0.6) is 0 Å². The fraction of sp³-hybridized carbons (Fsp3) is 0.969. The van der Waals surface area contributed by atoms with Crippen molar-refractivity contribution in [3.63, 3.8) is 0 Å². The second-order valence-electron chi connectivity index (χ2n) is 11.1. The van der Waals surface area contributed by atoms with E-state index in [1.165, 1.54) is 122 Å². The van der Waals surface area contributed by atoms with Crippen molar-refractivity contribution in [1.29, 1.82) is 0 Å². The van der Waals surface area contributed by atoms with E-state index in [0.29, 0.717) is 6.42 Å². The van der Waals surface area contributed by atoms with Crippen molar-refractivity contribution in [2.75, 3.05) is 19.6 Å². The van der Waals surface area contributed by atoms with E-state index in [9.17, 15) is 4.79 Å². The minimum absolute atomic E-state index is 0.0135. The molecule has 0 N–H and O–H groups in total. The van der Waals surface area contributed by atoms with Crippen molar-refractivity contribution in [3.8, 4) is 0 Å². The number of rotatable bonds is 27. The normalized spacial score (nSPS) is 12.7. The van der Waals surface area contributed by atoms with E-state index in [-0.39, 0.29) is 12.2 Å². The highest BCUT2D eigenvalue weighted by Crippen LogP contribution is 2.20. The lowest BCUT2D eigenvalue weighted by atomic mass is 10.0. The molecule has 0 aromatic heterocycles. The standard InChI is InChI=1S/C32H66NO2/c1-6-10-12-14-16-18-19-20-22-24-26-28-30-33(8-3,9-4)31(5)35-32(34)29-27-25-23-21-17-15-13-11-7-2/h31H,6-30H2,1-5H3/q+1. The Morgan fingerprint density at radius 2 is 0.886 bits per heavy atom. The van der Waals surface area contributed by atoms with Gasteiger partial charge in [-0.2, -0.15) is 0 Å². The summed E-state index contributed by atoms with van der Waals surface area (Å²) in [4.78, 5) is 12.5. The Bertz CT molecular complexity index is 447. The highest BCUT2D eigenvalue weighted by atomic mass is 16.6. The smallest absolute Gasteiger partial charge is 0.310 e. The van der Waals surface area contributed by atoms with Crippen LogP contribution < -0.4 is 0 Å². The number of esters is 1. The molecule has 0 heterocycles. The van der Waals surface area contributed by atoms with Gasteiger partial charge in [0.25, 0.3) is 0 Å². The average Bonchev–Trinajstić information content (AvgIpc) is 2.86. The lowest BCUT2D eigenvalue weighted by Crippen LogP contribution is -2.56. The molecule has 0 radical (unpaired) electrons. The Hall–Kier alpha value is -0.570. The Labute approximate surface area is 221 Å². The second-order valence-corrected chi connectivity index (χ2v) is 11.1. The average molecular weight is 497 g/mol. The first kappa shape index (κ1) is 34.4. The van der Waals surface area contributed by atoms with E-state index in [1.807, 2.05) is 0 Å². The van der Waals surface area contributed by atoms with Crippen LogP contribution in [0.25, 0.3) is 0 Å². The summed E-state index contributed by atoms with van der Waals surface area (Å²) in [5.74, 6) is 0.0135. The Morgan fingerprint density at radius 1 is 0.543 bits per heavy atom. The number of nitrogens with zero attached hydrogens (tertiary/aromatic N) is 1. The predicted octanol–water partition coefficient (Wildman–Crippen LogP) is 10.4. The van der Waals surface area contributed by atoms with Gasteiger partial charge in [-0.3, -0.25) is 9.28 Å². The highest BCUT2D eigenvalue weighted by molar-refractivity contribution is 5.69. The number of hydrogen-bond acceptors (Lipinski definition) is 2. The van der Waals surface area contributed by atoms with E-state index >= 15 is 0 Å². The molecule has 0 fully saturated rings. The van der Waals surface area contributed by atoms with E-state index in [1.54, 1.807) is 0 Å². The predicted molar refractivity (Wildman–Crippen MR) is 155 cm³/mol. The number of ether oxygens (including phenoxy) is 1. The summed E-state index contributed by atoms with van der Waals surface area (Å²) in [5, 5.41) is 0. The van der Waals surface area contributed by atoms with E-state index in [4.69, 9.17) is 4.74 Å². The highest BCUT2D eigenvalue weighted by Gasteiger charge is 2.32. The van der Waals surface area contributed by atoms with Crippen LogP contribution in [0.3, 0.4) is 0 Å². The second kappa shape index (κ2) is 25.1. The Balaban J connectivity index is 3.93. The molecule has 0 aromatic rings. The number of unbranched alkanes of at least 4 members (excludes halogenated alkanes) is 19. The maximum absolute atomic E-state index is 12.5. The largest absolute Gasteiger partial charge is 0.413 e. The van der Waals surface area contributed by atoms with Gasteiger partial charge in [-0.1, -0.05) is 129 Å². The first-order valence-corrected chi connectivity index (χ1v) is 16.1. The van der Waals surface area contributed by atoms with Gasteiger partial charge in [-0.05, 0) is 33.1 Å². The van der Waals surface area contributed by atoms with Crippen LogP contribution >= 0.6 is 0 Å². The van der Waals surface area contributed by atoms with Gasteiger partial charge in [0.2, 0.25) is 6.23 Å². The fourth-order valence-corrected chi connectivity index (χ4v) is 5.44. The van der Waals surface area contributed by atoms with Crippen molar-refractivity contribution in [2.45, 2.75) is 182 Å². The molecule has 0 amide bonds. The number of carbonyl (C=O) groups excluding carboxylic acids is 1. The van der Waals surface area contributed by atoms with Crippen LogP contribution in [0, 0.1) is 0 Å². The zero-order valence-electron chi connectivity index (χ0n) is 25.0. The van der Waals surface area contributed by atoms with Crippen LogP contribution in [0.2, 0.25) is 0 Å². The van der Waals surface area contributed by atoms with Crippen LogP contribution in [-0.4, -0.2) is 36.3 Å². The minimum atomic E-state index is -0.0243. The molecular formula is C32H66NO2+. The molecule has 0 aromatic carbocycles. The van der Waals surface area contributed by atoms with Gasteiger partial charge in [-0.15, -0.1) is 0 Å². The first-order valence-electron chi connectivity index (χ1n) is 16.1. The summed E-state index contributed by atoms with van der Waals surface area (Å²) in [6.45, 7) is 14.4. The van der Waals surface area contributed by atoms with Gasteiger partial charge < -0.3 is 4.74 Å². The van der Waals surface area contributed by atoms with Gasteiger partial charge in [0.15, 0.2) is 0 Å². The monoisotopic (exact) mass is 497 g/mol. The molecule has 3 heteroatoms. The molecule has 1 unspecified atom stereocenters. The SMILES string of the molecule is CCCCCCCCCCCCCC[N+](CC)(CC)C(C)OC(=O)CCCCCCCCCCC. The van der Waals surface area contributed by atoms with Crippen molar-refractivity contribution >= 4 is 5.97 Å². The third-order valence-corrected chi connectivity index (χ3v) is 8.27. The van der Waals surface area contributed by atoms with Crippen molar-refractivity contribution in [3.05, 3.63) is 0 Å². The molecule has 0 saturated heterocycles. The minimum Gasteiger partial charge on any atom is -0.413 e. The summed E-state index contributed by atoms with van der Waals surface area (Å²) in [6.07, 6.45) is 28.7. The van der Waals surface area contributed by atoms with Gasteiger partial charge >= 0.3 is 5.97 Å². The zero-order chi connectivity index (χ0) is 26.0. The van der Waals surface area contributed by atoms with Crippen molar-refractivity contribution < 1.29 is 14.0 Å². The van der Waals surface area contributed by atoms with Crippen LogP contribution in [0.4, 0.5) is 0 Å². The maximum Gasteiger partial charge on any atom is 0.310 e. The van der Waals surface area contributed by atoms with Crippen molar-refractivity contribution in [2.24, 2.45) is 0 Å². The summed E-state index contributed by atoms with van der Waals surface area (Å²) in [6, 6.07) is 0. The van der Waals surface area contributed by atoms with E-state index in [2.05, 4.69) is 34.6 Å². The fourth-order valence-electron chi connectivity index (χ4n) is 5.44. The molecular weight excluding hydrogens is 430 g/mol. The molecule has 0 aliphatic rings. The van der Waals surface area contributed by atoms with Gasteiger partial charge in [0, 0.05) is 13.3 Å². The molecule has 3 nitrogen and oxygen atoms in total. The molecule has 1 atom stereocenters. The topological polar surface area (TPSA) is 26.3 Å². The van der Waals surface area contributed by atoms with E-state index in [0.717, 1.165) is 37.0 Å². The third-order valence-electron chi connectivity index (χ3n) is 8.27. The zero-order valence-corrected chi connectivity index (χ0v) is 25.0. The third kappa shape index (κ3) is 19.2. The van der Waals surface area contributed by atoms with Crippen LogP contribution in [-0.2, 0) is 9.53 Å². The van der Waals surface area contributed by atoms with Crippen LogP contribution in [0.15, 0.2) is 0 Å². The molecule has 0 saturated carbocycles. The molecule has 0 bridgehead atoms. The van der Waals surface area contributed by atoms with E-state index < -0.39 is 0 Å². The number of carbonyl (C=O) groups is 1. The number of hydrogen-bond donors (Lipinski definition) is 0. The van der Waals surface area contributed by atoms with Gasteiger partial charge in [-0.25, -0.2) is 0 Å². The summed E-state index contributed by atoms with van der Waals surface area (Å²) in [5.41, 5.74) is 0. The van der Waals surface area contributed by atoms with Gasteiger partial charge in [0.05, 0.1) is 19.6 Å².